The van der Waals surface area contributed by atoms with Gasteiger partial charge in [0, 0.05) is 18.6 Å². The van der Waals surface area contributed by atoms with Gasteiger partial charge in [-0.3, -0.25) is 4.90 Å². The molecule has 4 atom stereocenters. The fourth-order valence-corrected chi connectivity index (χ4v) is 5.41. The lowest BCUT2D eigenvalue weighted by Crippen LogP contribution is -2.53. The quantitative estimate of drug-likeness (QED) is 0.838. The number of hydrogen-bond acceptors (Lipinski definition) is 2. The van der Waals surface area contributed by atoms with E-state index in [1.165, 1.54) is 51.7 Å². The number of nitrogens with zero attached hydrogens (tertiary/aromatic N) is 1. The van der Waals surface area contributed by atoms with Crippen LogP contribution in [0.3, 0.4) is 0 Å². The highest BCUT2D eigenvalue weighted by molar-refractivity contribution is 5.12. The highest BCUT2D eigenvalue weighted by Crippen LogP contribution is 2.62. The predicted octanol–water partition coefficient (Wildman–Crippen LogP) is 3.28. The molecule has 1 N–H and O–H groups in total. The largest absolute Gasteiger partial charge is 0.311 e. The van der Waals surface area contributed by atoms with Gasteiger partial charge in [-0.25, -0.2) is 0 Å². The van der Waals surface area contributed by atoms with Crippen LogP contribution in [0.15, 0.2) is 0 Å². The van der Waals surface area contributed by atoms with Gasteiger partial charge in [-0.05, 0) is 68.9 Å². The van der Waals surface area contributed by atoms with Crippen LogP contribution in [0, 0.1) is 16.7 Å². The molecular formula is C17H32N2. The minimum absolute atomic E-state index is 0.498. The third-order valence-electron chi connectivity index (χ3n) is 6.65. The van der Waals surface area contributed by atoms with Crippen molar-refractivity contribution in [1.29, 1.82) is 0 Å². The van der Waals surface area contributed by atoms with E-state index >= 15 is 0 Å². The van der Waals surface area contributed by atoms with Gasteiger partial charge in [-0.2, -0.15) is 0 Å². The SMILES string of the molecule is CC(CNC1C2(C)CCC(C2)C1(C)C)N1CCCC1. The fraction of sp³-hybridized carbons (Fsp3) is 1.00. The summed E-state index contributed by atoms with van der Waals surface area (Å²) in [5.41, 5.74) is 1.07. The Balaban J connectivity index is 1.60. The molecule has 4 unspecified atom stereocenters. The molecular weight excluding hydrogens is 232 g/mol. The Bertz CT molecular complexity index is 327. The van der Waals surface area contributed by atoms with Crippen molar-refractivity contribution in [2.24, 2.45) is 16.7 Å². The summed E-state index contributed by atoms with van der Waals surface area (Å²) in [5, 5.41) is 3.98. The molecule has 2 heteroatoms. The first-order valence-electron chi connectivity index (χ1n) is 8.41. The van der Waals surface area contributed by atoms with Crippen molar-refractivity contribution in [1.82, 2.24) is 10.2 Å². The maximum atomic E-state index is 3.98. The minimum atomic E-state index is 0.498. The van der Waals surface area contributed by atoms with Crippen LogP contribution in [0.2, 0.25) is 0 Å². The van der Waals surface area contributed by atoms with E-state index in [9.17, 15) is 0 Å². The molecule has 3 rings (SSSR count). The molecule has 1 saturated heterocycles. The van der Waals surface area contributed by atoms with Gasteiger partial charge >= 0.3 is 0 Å². The van der Waals surface area contributed by atoms with Crippen molar-refractivity contribution in [3.63, 3.8) is 0 Å². The van der Waals surface area contributed by atoms with E-state index in [1.807, 2.05) is 0 Å². The second-order valence-corrected chi connectivity index (χ2v) is 8.35. The van der Waals surface area contributed by atoms with E-state index in [2.05, 4.69) is 37.9 Å². The summed E-state index contributed by atoms with van der Waals surface area (Å²) in [6.07, 6.45) is 7.16. The zero-order chi connectivity index (χ0) is 13.7. The first-order chi connectivity index (χ1) is 8.93. The van der Waals surface area contributed by atoms with Crippen LogP contribution < -0.4 is 5.32 Å². The van der Waals surface area contributed by atoms with Crippen molar-refractivity contribution in [3.8, 4) is 0 Å². The van der Waals surface area contributed by atoms with Crippen LogP contribution in [0.5, 0.6) is 0 Å². The van der Waals surface area contributed by atoms with E-state index in [-0.39, 0.29) is 0 Å². The standard InChI is InChI=1S/C17H32N2/c1-13(19-9-5-6-10-19)12-18-15-16(2,3)14-7-8-17(15,4)11-14/h13-15,18H,5-12H2,1-4H3. The van der Waals surface area contributed by atoms with Crippen LogP contribution >= 0.6 is 0 Å². The zero-order valence-electron chi connectivity index (χ0n) is 13.3. The van der Waals surface area contributed by atoms with Crippen LogP contribution in [0.25, 0.3) is 0 Å². The topological polar surface area (TPSA) is 15.3 Å². The lowest BCUT2D eigenvalue weighted by Gasteiger charge is -2.44. The average molecular weight is 264 g/mol. The lowest BCUT2D eigenvalue weighted by molar-refractivity contribution is 0.101. The van der Waals surface area contributed by atoms with Crippen LogP contribution in [0.4, 0.5) is 0 Å². The molecule has 0 aromatic heterocycles. The molecule has 2 aliphatic carbocycles. The summed E-state index contributed by atoms with van der Waals surface area (Å²) >= 11 is 0. The Morgan fingerprint density at radius 1 is 1.21 bits per heavy atom. The van der Waals surface area contributed by atoms with E-state index in [0.717, 1.165) is 12.0 Å². The minimum Gasteiger partial charge on any atom is -0.311 e. The number of hydrogen-bond donors (Lipinski definition) is 1. The van der Waals surface area contributed by atoms with Crippen molar-refractivity contribution in [2.75, 3.05) is 19.6 Å². The molecule has 0 radical (unpaired) electrons. The molecule has 2 saturated carbocycles. The maximum absolute atomic E-state index is 3.98. The second kappa shape index (κ2) is 4.73. The van der Waals surface area contributed by atoms with Gasteiger partial charge in [0.15, 0.2) is 0 Å². The number of nitrogens with one attached hydrogen (secondary N) is 1. The van der Waals surface area contributed by atoms with Crippen LogP contribution in [-0.4, -0.2) is 36.6 Å². The predicted molar refractivity (Wildman–Crippen MR) is 81.3 cm³/mol. The van der Waals surface area contributed by atoms with Gasteiger partial charge in [0.2, 0.25) is 0 Å². The third-order valence-corrected chi connectivity index (χ3v) is 6.65. The highest BCUT2D eigenvalue weighted by Gasteiger charge is 2.58. The molecule has 3 aliphatic rings. The van der Waals surface area contributed by atoms with Crippen molar-refractivity contribution < 1.29 is 0 Å². The van der Waals surface area contributed by atoms with Crippen molar-refractivity contribution >= 4 is 0 Å². The van der Waals surface area contributed by atoms with E-state index in [4.69, 9.17) is 0 Å². The lowest BCUT2D eigenvalue weighted by atomic mass is 9.68. The molecule has 1 heterocycles. The summed E-state index contributed by atoms with van der Waals surface area (Å²) in [4.78, 5) is 2.66. The molecule has 3 fully saturated rings. The van der Waals surface area contributed by atoms with E-state index in [0.29, 0.717) is 16.9 Å². The average Bonchev–Trinajstić information content (AvgIpc) is 3.00. The maximum Gasteiger partial charge on any atom is 0.0192 e. The van der Waals surface area contributed by atoms with Crippen molar-refractivity contribution in [3.05, 3.63) is 0 Å². The summed E-state index contributed by atoms with van der Waals surface area (Å²) in [7, 11) is 0. The van der Waals surface area contributed by atoms with Crippen molar-refractivity contribution in [2.45, 2.75) is 71.9 Å². The van der Waals surface area contributed by atoms with Gasteiger partial charge in [0.05, 0.1) is 0 Å². The van der Waals surface area contributed by atoms with E-state index < -0.39 is 0 Å². The first kappa shape index (κ1) is 13.9. The zero-order valence-corrected chi connectivity index (χ0v) is 13.3. The third kappa shape index (κ3) is 2.25. The van der Waals surface area contributed by atoms with Gasteiger partial charge in [0.25, 0.3) is 0 Å². The Labute approximate surface area is 119 Å². The van der Waals surface area contributed by atoms with Crippen LogP contribution in [0.1, 0.15) is 59.8 Å². The molecule has 2 bridgehead atoms. The Morgan fingerprint density at radius 3 is 2.47 bits per heavy atom. The second-order valence-electron chi connectivity index (χ2n) is 8.35. The molecule has 0 spiro atoms. The summed E-state index contributed by atoms with van der Waals surface area (Å²) < 4.78 is 0. The summed E-state index contributed by atoms with van der Waals surface area (Å²) in [6.45, 7) is 13.7. The molecule has 110 valence electrons. The molecule has 1 aliphatic heterocycles. The smallest absolute Gasteiger partial charge is 0.0192 e. The fourth-order valence-electron chi connectivity index (χ4n) is 5.41. The normalized spacial score (nSPS) is 42.9. The summed E-state index contributed by atoms with van der Waals surface area (Å²) in [5.74, 6) is 0.956. The van der Waals surface area contributed by atoms with Gasteiger partial charge < -0.3 is 5.32 Å². The molecule has 0 amide bonds. The molecule has 2 nitrogen and oxygen atoms in total. The van der Waals surface area contributed by atoms with Gasteiger partial charge in [-0.15, -0.1) is 0 Å². The highest BCUT2D eigenvalue weighted by atomic mass is 15.2. The number of fused-ring (bicyclic) bond motifs is 2. The van der Waals surface area contributed by atoms with Gasteiger partial charge in [-0.1, -0.05) is 20.8 Å². The molecule has 19 heavy (non-hydrogen) atoms. The molecule has 0 aromatic rings. The monoisotopic (exact) mass is 264 g/mol. The number of rotatable bonds is 4. The van der Waals surface area contributed by atoms with Crippen LogP contribution in [-0.2, 0) is 0 Å². The first-order valence-corrected chi connectivity index (χ1v) is 8.41. The molecule has 0 aromatic carbocycles. The Morgan fingerprint density at radius 2 is 1.89 bits per heavy atom. The van der Waals surface area contributed by atoms with Gasteiger partial charge in [0.1, 0.15) is 0 Å². The summed E-state index contributed by atoms with van der Waals surface area (Å²) in [6, 6.07) is 1.44. The van der Waals surface area contributed by atoms with E-state index in [1.54, 1.807) is 0 Å². The number of likely N-dealkylation sites (tertiary alicyclic amines) is 1. The Kier molecular flexibility index (Phi) is 3.46. The Hall–Kier alpha value is -0.0800.